The zero-order chi connectivity index (χ0) is 18.3. The number of hydrogen-bond acceptors (Lipinski definition) is 4. The first kappa shape index (κ1) is 16.7. The summed E-state index contributed by atoms with van der Waals surface area (Å²) in [4.78, 5) is 9.12. The Labute approximate surface area is 160 Å². The second kappa shape index (κ2) is 6.53. The molecule has 1 N–H and O–H groups in total. The van der Waals surface area contributed by atoms with E-state index in [0.717, 1.165) is 32.8 Å². The Kier molecular flexibility index (Phi) is 4.20. The number of hydrogen-bond donors (Lipinski definition) is 1. The monoisotopic (exact) mass is 407 g/mol. The highest BCUT2D eigenvalue weighted by molar-refractivity contribution is 9.10. The number of anilines is 2. The van der Waals surface area contributed by atoms with Crippen LogP contribution in [0.3, 0.4) is 0 Å². The first-order valence-corrected chi connectivity index (χ1v) is 9.13. The van der Waals surface area contributed by atoms with Crippen molar-refractivity contribution in [3.8, 4) is 11.4 Å². The fourth-order valence-corrected chi connectivity index (χ4v) is 3.02. The first-order chi connectivity index (χ1) is 12.5. The molecule has 0 radical (unpaired) electrons. The molecular weight excluding hydrogens is 390 g/mol. The topological polar surface area (TPSA) is 55.1 Å². The molecule has 0 fully saturated rings. The molecule has 2 aromatic heterocycles. The number of rotatable bonds is 3. The second-order valence-electron chi connectivity index (χ2n) is 6.38. The smallest absolute Gasteiger partial charge is 0.254 e. The van der Waals surface area contributed by atoms with Crippen LogP contribution in [0.5, 0.6) is 0 Å². The molecule has 2 aromatic carbocycles. The van der Waals surface area contributed by atoms with Crippen LogP contribution in [0.25, 0.3) is 17.2 Å². The molecule has 4 rings (SSSR count). The van der Waals surface area contributed by atoms with Gasteiger partial charge in [-0.05, 0) is 44.5 Å². The van der Waals surface area contributed by atoms with Gasteiger partial charge in [-0.15, -0.1) is 5.10 Å². The Morgan fingerprint density at radius 1 is 0.923 bits per heavy atom. The van der Waals surface area contributed by atoms with E-state index >= 15 is 0 Å². The lowest BCUT2D eigenvalue weighted by Crippen LogP contribution is -2.02. The summed E-state index contributed by atoms with van der Waals surface area (Å²) < 4.78 is 2.83. The molecule has 6 heteroatoms. The van der Waals surface area contributed by atoms with E-state index in [9.17, 15) is 0 Å². The van der Waals surface area contributed by atoms with Gasteiger partial charge in [-0.25, -0.2) is 4.98 Å². The standard InChI is InChI=1S/C20H18BrN5/c1-12-4-6-15(7-5-12)19-24-20-22-14(3)11-18(26(20)25-19)23-16-8-9-17(21)13(2)10-16/h4-11,23H,1-3H3. The van der Waals surface area contributed by atoms with Crippen LogP contribution in [0.4, 0.5) is 11.5 Å². The third kappa shape index (κ3) is 3.20. The van der Waals surface area contributed by atoms with Crippen LogP contribution in [0.2, 0.25) is 0 Å². The molecule has 0 atom stereocenters. The SMILES string of the molecule is Cc1ccc(-c2nc3nc(C)cc(Nc4ccc(Br)c(C)c4)n3n2)cc1. The molecule has 0 unspecified atom stereocenters. The van der Waals surface area contributed by atoms with Crippen LogP contribution >= 0.6 is 15.9 Å². The lowest BCUT2D eigenvalue weighted by molar-refractivity contribution is 0.940. The first-order valence-electron chi connectivity index (χ1n) is 8.34. The molecule has 0 aliphatic heterocycles. The number of nitrogens with one attached hydrogen (secondary N) is 1. The van der Waals surface area contributed by atoms with Gasteiger partial charge in [0, 0.05) is 27.5 Å². The van der Waals surface area contributed by atoms with Gasteiger partial charge in [0.05, 0.1) is 0 Å². The van der Waals surface area contributed by atoms with E-state index in [1.807, 2.05) is 37.3 Å². The summed E-state index contributed by atoms with van der Waals surface area (Å²) >= 11 is 3.54. The summed E-state index contributed by atoms with van der Waals surface area (Å²) in [6.07, 6.45) is 0. The minimum Gasteiger partial charge on any atom is -0.340 e. The summed E-state index contributed by atoms with van der Waals surface area (Å²) in [7, 11) is 0. The highest BCUT2D eigenvalue weighted by Gasteiger charge is 2.12. The third-order valence-corrected chi connectivity index (χ3v) is 5.07. The van der Waals surface area contributed by atoms with Gasteiger partial charge in [-0.3, -0.25) is 0 Å². The van der Waals surface area contributed by atoms with Gasteiger partial charge in [0.15, 0.2) is 5.82 Å². The van der Waals surface area contributed by atoms with Crippen molar-refractivity contribution >= 4 is 33.2 Å². The van der Waals surface area contributed by atoms with E-state index in [2.05, 4.69) is 68.4 Å². The van der Waals surface area contributed by atoms with E-state index < -0.39 is 0 Å². The van der Waals surface area contributed by atoms with Crippen molar-refractivity contribution in [1.29, 1.82) is 0 Å². The fraction of sp³-hybridized carbons (Fsp3) is 0.150. The second-order valence-corrected chi connectivity index (χ2v) is 7.24. The summed E-state index contributed by atoms with van der Waals surface area (Å²) in [5, 5.41) is 8.09. The average molecular weight is 408 g/mol. The van der Waals surface area contributed by atoms with E-state index in [-0.39, 0.29) is 0 Å². The third-order valence-electron chi connectivity index (χ3n) is 4.18. The van der Waals surface area contributed by atoms with Gasteiger partial charge in [0.25, 0.3) is 5.78 Å². The summed E-state index contributed by atoms with van der Waals surface area (Å²) in [5.41, 5.74) is 5.22. The van der Waals surface area contributed by atoms with Gasteiger partial charge in [0.1, 0.15) is 5.82 Å². The minimum absolute atomic E-state index is 0.580. The normalized spacial score (nSPS) is 11.1. The van der Waals surface area contributed by atoms with Crippen molar-refractivity contribution in [3.63, 3.8) is 0 Å². The number of fused-ring (bicyclic) bond motifs is 1. The van der Waals surface area contributed by atoms with Crippen LogP contribution in [0.1, 0.15) is 16.8 Å². The van der Waals surface area contributed by atoms with Crippen LogP contribution in [-0.4, -0.2) is 19.6 Å². The molecule has 0 aliphatic carbocycles. The number of nitrogens with zero attached hydrogens (tertiary/aromatic N) is 4. The minimum atomic E-state index is 0.580. The molecule has 5 nitrogen and oxygen atoms in total. The quantitative estimate of drug-likeness (QED) is 0.505. The average Bonchev–Trinajstić information content (AvgIpc) is 3.03. The fourth-order valence-electron chi connectivity index (χ4n) is 2.77. The van der Waals surface area contributed by atoms with Crippen LogP contribution < -0.4 is 5.32 Å². The lowest BCUT2D eigenvalue weighted by atomic mass is 10.1. The Balaban J connectivity index is 1.78. The Morgan fingerprint density at radius 2 is 1.69 bits per heavy atom. The highest BCUT2D eigenvalue weighted by Crippen LogP contribution is 2.24. The molecule has 0 saturated carbocycles. The predicted octanol–water partition coefficient (Wildman–Crippen LogP) is 5.22. The number of benzene rings is 2. The van der Waals surface area contributed by atoms with Gasteiger partial charge in [-0.2, -0.15) is 9.50 Å². The maximum absolute atomic E-state index is 4.66. The van der Waals surface area contributed by atoms with Gasteiger partial charge in [0.2, 0.25) is 0 Å². The number of halogens is 1. The summed E-state index contributed by atoms with van der Waals surface area (Å²) in [5.74, 6) is 2.08. The van der Waals surface area contributed by atoms with Crippen LogP contribution in [0.15, 0.2) is 53.0 Å². The van der Waals surface area contributed by atoms with Crippen molar-refractivity contribution in [2.24, 2.45) is 0 Å². The predicted molar refractivity (Wildman–Crippen MR) is 108 cm³/mol. The maximum Gasteiger partial charge on any atom is 0.254 e. The van der Waals surface area contributed by atoms with Crippen molar-refractivity contribution in [2.45, 2.75) is 20.8 Å². The maximum atomic E-state index is 4.66. The molecular formula is C20H18BrN5. The summed E-state index contributed by atoms with van der Waals surface area (Å²) in [6.45, 7) is 6.08. The Bertz CT molecular complexity index is 1100. The van der Waals surface area contributed by atoms with Crippen molar-refractivity contribution in [1.82, 2.24) is 19.6 Å². The largest absolute Gasteiger partial charge is 0.340 e. The zero-order valence-electron chi connectivity index (χ0n) is 14.8. The van der Waals surface area contributed by atoms with Gasteiger partial charge >= 0.3 is 0 Å². The molecule has 0 bridgehead atoms. The molecule has 0 aliphatic rings. The van der Waals surface area contributed by atoms with E-state index in [4.69, 9.17) is 0 Å². The molecule has 0 saturated heterocycles. The highest BCUT2D eigenvalue weighted by atomic mass is 79.9. The molecule has 0 amide bonds. The van der Waals surface area contributed by atoms with Crippen molar-refractivity contribution in [2.75, 3.05) is 5.32 Å². The van der Waals surface area contributed by atoms with Crippen molar-refractivity contribution in [3.05, 3.63) is 69.8 Å². The molecule has 130 valence electrons. The van der Waals surface area contributed by atoms with E-state index in [0.29, 0.717) is 11.6 Å². The Hall–Kier alpha value is -2.73. The molecule has 2 heterocycles. The lowest BCUT2D eigenvalue weighted by Gasteiger charge is -2.10. The molecule has 26 heavy (non-hydrogen) atoms. The van der Waals surface area contributed by atoms with E-state index in [1.165, 1.54) is 5.56 Å². The molecule has 0 spiro atoms. The number of aryl methyl sites for hydroxylation is 3. The Morgan fingerprint density at radius 3 is 2.42 bits per heavy atom. The van der Waals surface area contributed by atoms with Crippen molar-refractivity contribution < 1.29 is 0 Å². The summed E-state index contributed by atoms with van der Waals surface area (Å²) in [6, 6.07) is 16.3. The van der Waals surface area contributed by atoms with E-state index in [1.54, 1.807) is 4.52 Å². The van der Waals surface area contributed by atoms with Crippen LogP contribution in [0, 0.1) is 20.8 Å². The van der Waals surface area contributed by atoms with Crippen LogP contribution in [-0.2, 0) is 0 Å². The molecule has 4 aromatic rings. The number of aromatic nitrogens is 4. The van der Waals surface area contributed by atoms with Gasteiger partial charge < -0.3 is 5.32 Å². The zero-order valence-corrected chi connectivity index (χ0v) is 16.4. The van der Waals surface area contributed by atoms with Gasteiger partial charge in [-0.1, -0.05) is 45.8 Å².